The monoisotopic (exact) mass is 251 g/mol. The van der Waals surface area contributed by atoms with Crippen molar-refractivity contribution in [1.29, 1.82) is 0 Å². The van der Waals surface area contributed by atoms with Gasteiger partial charge in [0.1, 0.15) is 13.6 Å². The third kappa shape index (κ3) is 3.25. The number of phenols is 1. The zero-order valence-electron chi connectivity index (χ0n) is 11.6. The third-order valence-electron chi connectivity index (χ3n) is 3.24. The van der Waals surface area contributed by atoms with Gasteiger partial charge in [-0.3, -0.25) is 4.99 Å². The van der Waals surface area contributed by atoms with E-state index >= 15 is 0 Å². The number of aromatic hydroxyl groups is 1. The predicted molar refractivity (Wildman–Crippen MR) is 84.4 cm³/mol. The molecule has 1 N–H and O–H groups in total. The molecule has 0 radical (unpaired) electrons. The first-order chi connectivity index (χ1) is 9.08. The van der Waals surface area contributed by atoms with Crippen molar-refractivity contribution in [2.45, 2.75) is 13.8 Å². The molecule has 2 nitrogen and oxygen atoms in total. The topological polar surface area (TPSA) is 32.6 Å². The minimum atomic E-state index is 0.309. The van der Waals surface area contributed by atoms with Gasteiger partial charge in [0.05, 0.1) is 6.54 Å². The first-order valence-electron chi connectivity index (χ1n) is 6.42. The van der Waals surface area contributed by atoms with Crippen LogP contribution >= 0.6 is 0 Å². The van der Waals surface area contributed by atoms with E-state index in [4.69, 9.17) is 0 Å². The van der Waals surface area contributed by atoms with Crippen LogP contribution in [-0.2, 0) is 0 Å². The number of hydrogen-bond acceptors (Lipinski definition) is 2. The van der Waals surface area contributed by atoms with Gasteiger partial charge in [-0.15, -0.1) is 0 Å². The van der Waals surface area contributed by atoms with Gasteiger partial charge >= 0.3 is 0 Å². The number of benzene rings is 1. The highest BCUT2D eigenvalue weighted by atomic mass is 16.3. The Bertz CT molecular complexity index is 609. The number of rotatable bonds is 1. The van der Waals surface area contributed by atoms with E-state index in [1.165, 1.54) is 5.57 Å². The van der Waals surface area contributed by atoms with Crippen LogP contribution < -0.4 is 0 Å². The van der Waals surface area contributed by atoms with Gasteiger partial charge in [0, 0.05) is 11.8 Å². The predicted octanol–water partition coefficient (Wildman–Crippen LogP) is 2.71. The summed E-state index contributed by atoms with van der Waals surface area (Å²) >= 11 is 0. The Labute approximate surface area is 115 Å². The van der Waals surface area contributed by atoms with Crippen LogP contribution in [0.1, 0.15) is 19.4 Å². The average Bonchev–Trinajstić information content (AvgIpc) is 2.43. The largest absolute Gasteiger partial charge is 0.507 e. The molecule has 0 bridgehead atoms. The summed E-state index contributed by atoms with van der Waals surface area (Å²) in [6.07, 6.45) is 6.11. The first-order valence-corrected chi connectivity index (χ1v) is 6.42. The number of allylic oxidation sites excluding steroid dienone is 5. The lowest BCUT2D eigenvalue weighted by molar-refractivity contribution is 0.473. The molecule has 3 heteroatoms. The molecule has 1 aliphatic heterocycles. The van der Waals surface area contributed by atoms with Crippen LogP contribution in [-0.4, -0.2) is 25.7 Å². The van der Waals surface area contributed by atoms with Crippen molar-refractivity contribution < 1.29 is 5.11 Å². The molecule has 0 saturated heterocycles. The van der Waals surface area contributed by atoms with Crippen LogP contribution in [0.5, 0.6) is 5.75 Å². The summed E-state index contributed by atoms with van der Waals surface area (Å²) in [5.41, 5.74) is 5.37. The van der Waals surface area contributed by atoms with E-state index in [-0.39, 0.29) is 0 Å². The summed E-state index contributed by atoms with van der Waals surface area (Å²) in [7, 11) is 2.05. The van der Waals surface area contributed by atoms with Gasteiger partial charge in [-0.05, 0) is 25.5 Å². The summed E-state index contributed by atoms with van der Waals surface area (Å²) in [5, 5.41) is 10.0. The fraction of sp³-hybridized carbons (Fsp3) is 0.188. The Morgan fingerprint density at radius 1 is 1.16 bits per heavy atom. The first kappa shape index (κ1) is 13.4. The van der Waals surface area contributed by atoms with Gasteiger partial charge in [0.15, 0.2) is 0 Å². The smallest absolute Gasteiger partial charge is 0.141 e. The normalized spacial score (nSPS) is 27.3. The van der Waals surface area contributed by atoms with E-state index in [2.05, 4.69) is 38.8 Å². The Hall–Kier alpha value is -2.03. The van der Waals surface area contributed by atoms with E-state index in [0.717, 1.165) is 22.2 Å². The molecule has 0 atom stereocenters. The van der Waals surface area contributed by atoms with Crippen molar-refractivity contribution in [3.8, 4) is 5.75 Å². The molecular formula is C16H18BNO. The standard InChI is InChI=1S/C16H18BNO/c1-11-7-13(14-5-3-4-6-16(14)19)8-12(2)15(17)10-18-9-11/h3-8,10,19H,9,17H2,1-2H3/b11-7-,13-8+,15-12-,18-10-. The molecule has 1 aliphatic rings. The minimum absolute atomic E-state index is 0.309. The second-order valence-corrected chi connectivity index (χ2v) is 4.94. The lowest BCUT2D eigenvalue weighted by atomic mass is 9.90. The minimum Gasteiger partial charge on any atom is -0.507 e. The summed E-state index contributed by atoms with van der Waals surface area (Å²) in [5.74, 6) is 0.309. The fourth-order valence-corrected chi connectivity index (χ4v) is 2.00. The van der Waals surface area contributed by atoms with Crippen molar-refractivity contribution in [2.75, 3.05) is 6.54 Å². The van der Waals surface area contributed by atoms with E-state index in [9.17, 15) is 5.11 Å². The molecule has 0 aromatic heterocycles. The van der Waals surface area contributed by atoms with Gasteiger partial charge in [0.25, 0.3) is 0 Å². The molecule has 2 rings (SSSR count). The highest BCUT2D eigenvalue weighted by Gasteiger charge is 2.06. The van der Waals surface area contributed by atoms with E-state index < -0.39 is 0 Å². The lowest BCUT2D eigenvalue weighted by Gasteiger charge is -2.07. The highest BCUT2D eigenvalue weighted by molar-refractivity contribution is 6.33. The van der Waals surface area contributed by atoms with E-state index in [1.54, 1.807) is 6.07 Å². The van der Waals surface area contributed by atoms with Gasteiger partial charge in [0.2, 0.25) is 0 Å². The van der Waals surface area contributed by atoms with Crippen molar-refractivity contribution in [3.63, 3.8) is 0 Å². The molecule has 96 valence electrons. The molecule has 1 heterocycles. The fourth-order valence-electron chi connectivity index (χ4n) is 2.00. The number of nitrogens with zero attached hydrogens (tertiary/aromatic N) is 1. The molecule has 19 heavy (non-hydrogen) atoms. The zero-order chi connectivity index (χ0) is 13.8. The summed E-state index contributed by atoms with van der Waals surface area (Å²) in [6.45, 7) is 4.81. The third-order valence-corrected chi connectivity index (χ3v) is 3.24. The Kier molecular flexibility index (Phi) is 4.05. The second-order valence-electron chi connectivity index (χ2n) is 4.94. The Balaban J connectivity index is 2.58. The van der Waals surface area contributed by atoms with Crippen LogP contribution in [0.15, 0.2) is 58.0 Å². The van der Waals surface area contributed by atoms with Gasteiger partial charge in [-0.1, -0.05) is 47.0 Å². The van der Waals surface area contributed by atoms with Crippen molar-refractivity contribution >= 4 is 19.6 Å². The SMILES string of the molecule is BC1=C(C)\C=C(c2ccccc2O)/C=C(/C)C/N=C\1. The number of phenolic OH excluding ortho intramolecular Hbond substituents is 1. The van der Waals surface area contributed by atoms with Crippen molar-refractivity contribution in [2.24, 2.45) is 4.99 Å². The molecule has 0 spiro atoms. The zero-order valence-corrected chi connectivity index (χ0v) is 11.6. The molecule has 0 fully saturated rings. The summed E-state index contributed by atoms with van der Waals surface area (Å²) in [4.78, 5) is 4.41. The number of hydrogen-bond donors (Lipinski definition) is 1. The summed E-state index contributed by atoms with van der Waals surface area (Å²) in [6, 6.07) is 7.43. The van der Waals surface area contributed by atoms with Crippen molar-refractivity contribution in [1.82, 2.24) is 0 Å². The Morgan fingerprint density at radius 3 is 2.63 bits per heavy atom. The van der Waals surface area contributed by atoms with Crippen LogP contribution in [0.25, 0.3) is 5.57 Å². The van der Waals surface area contributed by atoms with Gasteiger partial charge in [-0.25, -0.2) is 0 Å². The maximum absolute atomic E-state index is 10.0. The van der Waals surface area contributed by atoms with Crippen LogP contribution in [0.2, 0.25) is 0 Å². The molecule has 0 amide bonds. The molecular weight excluding hydrogens is 233 g/mol. The quantitative estimate of drug-likeness (QED) is 0.765. The van der Waals surface area contributed by atoms with Crippen LogP contribution in [0.3, 0.4) is 0 Å². The maximum atomic E-state index is 10.0. The van der Waals surface area contributed by atoms with Crippen LogP contribution in [0, 0.1) is 0 Å². The maximum Gasteiger partial charge on any atom is 0.141 e. The lowest BCUT2D eigenvalue weighted by Crippen LogP contribution is -1.89. The Morgan fingerprint density at radius 2 is 1.89 bits per heavy atom. The van der Waals surface area contributed by atoms with E-state index in [0.29, 0.717) is 12.3 Å². The second kappa shape index (κ2) is 5.74. The van der Waals surface area contributed by atoms with Gasteiger partial charge in [-0.2, -0.15) is 0 Å². The number of aliphatic imine (C=N–C) groups is 1. The van der Waals surface area contributed by atoms with E-state index in [1.807, 2.05) is 24.4 Å². The molecule has 0 saturated carbocycles. The van der Waals surface area contributed by atoms with Crippen molar-refractivity contribution in [3.05, 3.63) is 58.6 Å². The highest BCUT2D eigenvalue weighted by Crippen LogP contribution is 2.28. The van der Waals surface area contributed by atoms with Gasteiger partial charge < -0.3 is 5.11 Å². The van der Waals surface area contributed by atoms with Crippen LogP contribution in [0.4, 0.5) is 0 Å². The molecule has 0 aliphatic carbocycles. The molecule has 1 aromatic carbocycles. The molecule has 0 unspecified atom stereocenters. The number of para-hydroxylation sites is 1. The summed E-state index contributed by atoms with van der Waals surface area (Å²) < 4.78 is 0. The average molecular weight is 251 g/mol. The molecule has 1 aromatic rings.